The van der Waals surface area contributed by atoms with Crippen molar-refractivity contribution < 1.29 is 28.5 Å². The minimum absolute atomic E-state index is 0.177. The lowest BCUT2D eigenvalue weighted by Gasteiger charge is -2.11. The van der Waals surface area contributed by atoms with Crippen molar-refractivity contribution in [3.05, 3.63) is 60.7 Å². The summed E-state index contributed by atoms with van der Waals surface area (Å²) < 4.78 is 20.6. The molecular weight excluding hydrogens is 312 g/mol. The second-order valence-corrected chi connectivity index (χ2v) is 4.53. The molecule has 0 saturated heterocycles. The number of para-hydroxylation sites is 2. The van der Waals surface area contributed by atoms with Gasteiger partial charge in [-0.25, -0.2) is 9.59 Å². The van der Waals surface area contributed by atoms with Crippen LogP contribution in [0.4, 0.5) is 0 Å². The number of methoxy groups -OCH3 is 2. The molecule has 0 fully saturated rings. The molecule has 0 amide bonds. The van der Waals surface area contributed by atoms with E-state index in [0.717, 1.165) is 6.08 Å². The molecule has 0 saturated carbocycles. The maximum absolute atomic E-state index is 12.3. The zero-order chi connectivity index (χ0) is 17.5. The Morgan fingerprint density at radius 1 is 0.875 bits per heavy atom. The van der Waals surface area contributed by atoms with Gasteiger partial charge in [0, 0.05) is 6.08 Å². The monoisotopic (exact) mass is 328 g/mol. The number of hydrogen-bond donors (Lipinski definition) is 0. The average Bonchev–Trinajstić information content (AvgIpc) is 2.62. The van der Waals surface area contributed by atoms with Gasteiger partial charge in [-0.1, -0.05) is 18.7 Å². The molecule has 24 heavy (non-hydrogen) atoms. The van der Waals surface area contributed by atoms with Gasteiger partial charge in [0.15, 0.2) is 23.0 Å². The van der Waals surface area contributed by atoms with E-state index in [1.54, 1.807) is 24.3 Å². The Balaban J connectivity index is 2.23. The van der Waals surface area contributed by atoms with Gasteiger partial charge < -0.3 is 18.9 Å². The first-order valence-electron chi connectivity index (χ1n) is 6.96. The van der Waals surface area contributed by atoms with E-state index in [-0.39, 0.29) is 17.1 Å². The van der Waals surface area contributed by atoms with E-state index >= 15 is 0 Å². The summed E-state index contributed by atoms with van der Waals surface area (Å²) >= 11 is 0. The molecule has 0 heterocycles. The Kier molecular flexibility index (Phi) is 5.57. The van der Waals surface area contributed by atoms with Gasteiger partial charge in [0.25, 0.3) is 0 Å². The molecule has 0 aromatic heterocycles. The number of carbonyl (C=O) groups excluding carboxylic acids is 2. The zero-order valence-electron chi connectivity index (χ0n) is 13.3. The predicted molar refractivity (Wildman–Crippen MR) is 86.8 cm³/mol. The third kappa shape index (κ3) is 3.92. The summed E-state index contributed by atoms with van der Waals surface area (Å²) in [4.78, 5) is 23.6. The molecular formula is C18H16O6. The second-order valence-electron chi connectivity index (χ2n) is 4.53. The first kappa shape index (κ1) is 17.1. The van der Waals surface area contributed by atoms with Crippen LogP contribution in [0.3, 0.4) is 0 Å². The SMILES string of the molecule is C=CC(=O)Oc1ccc(C(=O)Oc2ccccc2OC)cc1OC. The van der Waals surface area contributed by atoms with Gasteiger partial charge in [-0.2, -0.15) is 0 Å². The molecule has 6 heteroatoms. The van der Waals surface area contributed by atoms with Crippen molar-refractivity contribution in [2.24, 2.45) is 0 Å². The fourth-order valence-electron chi connectivity index (χ4n) is 1.89. The summed E-state index contributed by atoms with van der Waals surface area (Å²) in [7, 11) is 2.88. The van der Waals surface area contributed by atoms with E-state index < -0.39 is 11.9 Å². The highest BCUT2D eigenvalue weighted by Gasteiger charge is 2.16. The molecule has 0 N–H and O–H groups in total. The summed E-state index contributed by atoms with van der Waals surface area (Å²) in [6, 6.07) is 11.1. The number of esters is 2. The molecule has 2 rings (SSSR count). The van der Waals surface area contributed by atoms with Gasteiger partial charge in [-0.3, -0.25) is 0 Å². The highest BCUT2D eigenvalue weighted by molar-refractivity contribution is 5.92. The number of ether oxygens (including phenoxy) is 4. The van der Waals surface area contributed by atoms with E-state index in [9.17, 15) is 9.59 Å². The Morgan fingerprint density at radius 3 is 2.12 bits per heavy atom. The van der Waals surface area contributed by atoms with Crippen LogP contribution in [0.5, 0.6) is 23.0 Å². The van der Waals surface area contributed by atoms with Crippen molar-refractivity contribution in [1.82, 2.24) is 0 Å². The van der Waals surface area contributed by atoms with Gasteiger partial charge in [0.05, 0.1) is 19.8 Å². The molecule has 124 valence electrons. The van der Waals surface area contributed by atoms with Crippen LogP contribution in [-0.4, -0.2) is 26.2 Å². The average molecular weight is 328 g/mol. The molecule has 0 aliphatic rings. The summed E-state index contributed by atoms with van der Waals surface area (Å²) in [6.45, 7) is 3.32. The fraction of sp³-hybridized carbons (Fsp3) is 0.111. The Hall–Kier alpha value is -3.28. The second kappa shape index (κ2) is 7.82. The molecule has 0 aliphatic carbocycles. The molecule has 0 atom stereocenters. The quantitative estimate of drug-likeness (QED) is 0.461. The van der Waals surface area contributed by atoms with E-state index in [1.165, 1.54) is 32.4 Å². The van der Waals surface area contributed by atoms with Gasteiger partial charge in [0.2, 0.25) is 0 Å². The lowest BCUT2D eigenvalue weighted by molar-refractivity contribution is -0.129. The Labute approximate surface area is 139 Å². The van der Waals surface area contributed by atoms with Crippen LogP contribution < -0.4 is 18.9 Å². The first-order valence-corrected chi connectivity index (χ1v) is 6.96. The highest BCUT2D eigenvalue weighted by atomic mass is 16.6. The molecule has 6 nitrogen and oxygen atoms in total. The number of carbonyl (C=O) groups is 2. The Bertz CT molecular complexity index is 766. The molecule has 0 aliphatic heterocycles. The van der Waals surface area contributed by atoms with Crippen LogP contribution >= 0.6 is 0 Å². The third-order valence-corrected chi connectivity index (χ3v) is 3.05. The molecule has 2 aromatic carbocycles. The zero-order valence-corrected chi connectivity index (χ0v) is 13.3. The normalized spacial score (nSPS) is 9.75. The Morgan fingerprint density at radius 2 is 1.50 bits per heavy atom. The van der Waals surface area contributed by atoms with Crippen LogP contribution in [-0.2, 0) is 4.79 Å². The summed E-state index contributed by atoms with van der Waals surface area (Å²) in [5.41, 5.74) is 0.233. The van der Waals surface area contributed by atoms with E-state index in [4.69, 9.17) is 18.9 Å². The molecule has 0 bridgehead atoms. The molecule has 0 radical (unpaired) electrons. The van der Waals surface area contributed by atoms with Crippen molar-refractivity contribution >= 4 is 11.9 Å². The first-order chi connectivity index (χ1) is 11.6. The number of benzene rings is 2. The highest BCUT2D eigenvalue weighted by Crippen LogP contribution is 2.30. The van der Waals surface area contributed by atoms with Crippen LogP contribution in [0.2, 0.25) is 0 Å². The van der Waals surface area contributed by atoms with E-state index in [1.807, 2.05) is 0 Å². The predicted octanol–water partition coefficient (Wildman–Crippen LogP) is 3.01. The number of hydrogen-bond acceptors (Lipinski definition) is 6. The van der Waals surface area contributed by atoms with Crippen molar-refractivity contribution in [3.8, 4) is 23.0 Å². The van der Waals surface area contributed by atoms with E-state index in [2.05, 4.69) is 6.58 Å². The summed E-state index contributed by atoms with van der Waals surface area (Å²) in [5.74, 6) is -0.0894. The van der Waals surface area contributed by atoms with Crippen LogP contribution in [0.25, 0.3) is 0 Å². The van der Waals surface area contributed by atoms with Crippen LogP contribution in [0.15, 0.2) is 55.1 Å². The minimum Gasteiger partial charge on any atom is -0.493 e. The van der Waals surface area contributed by atoms with Gasteiger partial charge in [0.1, 0.15) is 0 Å². The van der Waals surface area contributed by atoms with Gasteiger partial charge in [-0.15, -0.1) is 0 Å². The van der Waals surface area contributed by atoms with Crippen molar-refractivity contribution in [2.45, 2.75) is 0 Å². The van der Waals surface area contributed by atoms with Crippen molar-refractivity contribution in [1.29, 1.82) is 0 Å². The standard InChI is InChI=1S/C18H16O6/c1-4-17(19)23-15-10-9-12(11-16(15)22-3)18(20)24-14-8-6-5-7-13(14)21-2/h4-11H,1H2,2-3H3. The third-order valence-electron chi connectivity index (χ3n) is 3.05. The van der Waals surface area contributed by atoms with Crippen LogP contribution in [0, 0.1) is 0 Å². The lowest BCUT2D eigenvalue weighted by atomic mass is 10.2. The lowest BCUT2D eigenvalue weighted by Crippen LogP contribution is -2.10. The summed E-state index contributed by atoms with van der Waals surface area (Å²) in [6.07, 6.45) is 1.03. The van der Waals surface area contributed by atoms with Gasteiger partial charge in [-0.05, 0) is 30.3 Å². The van der Waals surface area contributed by atoms with Crippen LogP contribution in [0.1, 0.15) is 10.4 Å². The topological polar surface area (TPSA) is 71.1 Å². The van der Waals surface area contributed by atoms with Crippen molar-refractivity contribution in [3.63, 3.8) is 0 Å². The largest absolute Gasteiger partial charge is 0.493 e. The fourth-order valence-corrected chi connectivity index (χ4v) is 1.89. The maximum Gasteiger partial charge on any atom is 0.343 e. The summed E-state index contributed by atoms with van der Waals surface area (Å²) in [5, 5.41) is 0. The number of rotatable bonds is 6. The van der Waals surface area contributed by atoms with Crippen molar-refractivity contribution in [2.75, 3.05) is 14.2 Å². The van der Waals surface area contributed by atoms with E-state index in [0.29, 0.717) is 11.5 Å². The molecule has 0 spiro atoms. The van der Waals surface area contributed by atoms with Gasteiger partial charge >= 0.3 is 11.9 Å². The molecule has 0 unspecified atom stereocenters. The minimum atomic E-state index is -0.627. The smallest absolute Gasteiger partial charge is 0.343 e. The molecule has 2 aromatic rings. The maximum atomic E-state index is 12.3.